The molecule has 0 N–H and O–H groups in total. The average Bonchev–Trinajstić information content (AvgIpc) is 3.37. The van der Waals surface area contributed by atoms with Crippen molar-refractivity contribution >= 4 is 5.78 Å². The Kier molecular flexibility index (Phi) is 2.98. The molecule has 2 spiro atoms. The van der Waals surface area contributed by atoms with Crippen LogP contribution in [0.25, 0.3) is 0 Å². The van der Waals surface area contributed by atoms with Crippen LogP contribution in [0.15, 0.2) is 0 Å². The number of Topliss-reactive ketones (excluding diaryl/α,β-unsaturated/α-hetero) is 1. The highest BCUT2D eigenvalue weighted by Crippen LogP contribution is 2.75. The van der Waals surface area contributed by atoms with Crippen LogP contribution in [-0.2, 0) is 19.0 Å². The van der Waals surface area contributed by atoms with Crippen LogP contribution < -0.4 is 0 Å². The van der Waals surface area contributed by atoms with Gasteiger partial charge in [0.15, 0.2) is 5.79 Å². The summed E-state index contributed by atoms with van der Waals surface area (Å²) in [6.45, 7) is 7.70. The van der Waals surface area contributed by atoms with Crippen molar-refractivity contribution in [3.63, 3.8) is 0 Å². The third-order valence-electron chi connectivity index (χ3n) is 7.09. The second-order valence-corrected chi connectivity index (χ2v) is 8.68. The zero-order chi connectivity index (χ0) is 15.8. The maximum absolute atomic E-state index is 12.7. The summed E-state index contributed by atoms with van der Waals surface area (Å²) in [6.07, 6.45) is 5.50. The van der Waals surface area contributed by atoms with Gasteiger partial charge in [-0.1, -0.05) is 13.3 Å². The number of ether oxygens (including phenoxy) is 3. The van der Waals surface area contributed by atoms with E-state index in [0.717, 1.165) is 38.7 Å². The fourth-order valence-corrected chi connectivity index (χ4v) is 5.58. The van der Waals surface area contributed by atoms with Crippen molar-refractivity contribution < 1.29 is 19.0 Å². The highest BCUT2D eigenvalue weighted by Gasteiger charge is 2.82. The molecule has 124 valence electrons. The van der Waals surface area contributed by atoms with Crippen LogP contribution in [0.2, 0.25) is 0 Å². The van der Waals surface area contributed by atoms with Crippen molar-refractivity contribution in [1.29, 1.82) is 0 Å². The Morgan fingerprint density at radius 2 is 2.05 bits per heavy atom. The standard InChI is InChI=1S/C18H28O4/c1-15(2,20-4)21-10-16(3)7-5-8-18-12(16)6-9-17(11-22-17)13(18)14(18)19/h12-13H,5-11H2,1-4H3/t12-,13-,16+,17?,18+/m1/s1. The minimum atomic E-state index is -0.559. The molecule has 1 saturated heterocycles. The number of epoxide rings is 1. The number of hydrogen-bond donors (Lipinski definition) is 0. The third-order valence-corrected chi connectivity index (χ3v) is 7.09. The molecule has 0 aromatic heterocycles. The molecule has 3 aliphatic carbocycles. The van der Waals surface area contributed by atoms with Crippen LogP contribution in [0.5, 0.6) is 0 Å². The van der Waals surface area contributed by atoms with Gasteiger partial charge in [0.05, 0.1) is 19.1 Å². The van der Waals surface area contributed by atoms with Crippen molar-refractivity contribution in [3.8, 4) is 0 Å². The number of carbonyl (C=O) groups excluding carboxylic acids is 1. The summed E-state index contributed by atoms with van der Waals surface area (Å²) in [5.74, 6) is 0.572. The van der Waals surface area contributed by atoms with E-state index in [1.54, 1.807) is 7.11 Å². The second kappa shape index (κ2) is 4.34. The third kappa shape index (κ3) is 1.83. The van der Waals surface area contributed by atoms with Gasteiger partial charge >= 0.3 is 0 Å². The topological polar surface area (TPSA) is 48.1 Å². The number of hydrogen-bond acceptors (Lipinski definition) is 4. The molecule has 4 rings (SSSR count). The van der Waals surface area contributed by atoms with Crippen molar-refractivity contribution in [3.05, 3.63) is 0 Å². The monoisotopic (exact) mass is 308 g/mol. The van der Waals surface area contributed by atoms with Crippen LogP contribution in [0.4, 0.5) is 0 Å². The molecule has 4 aliphatic rings. The first-order valence-corrected chi connectivity index (χ1v) is 8.67. The molecule has 0 amide bonds. The van der Waals surface area contributed by atoms with E-state index in [2.05, 4.69) is 6.92 Å². The molecule has 4 fully saturated rings. The second-order valence-electron chi connectivity index (χ2n) is 8.68. The molecule has 22 heavy (non-hydrogen) atoms. The van der Waals surface area contributed by atoms with Gasteiger partial charge < -0.3 is 14.2 Å². The van der Waals surface area contributed by atoms with E-state index in [0.29, 0.717) is 18.3 Å². The zero-order valence-electron chi connectivity index (χ0n) is 14.2. The smallest absolute Gasteiger partial charge is 0.162 e. The molecule has 4 heteroatoms. The zero-order valence-corrected chi connectivity index (χ0v) is 14.2. The maximum Gasteiger partial charge on any atom is 0.162 e. The molecule has 1 heterocycles. The number of methoxy groups -OCH3 is 1. The lowest BCUT2D eigenvalue weighted by Gasteiger charge is -2.49. The Labute approximate surface area is 132 Å². The number of carbonyl (C=O) groups is 1. The van der Waals surface area contributed by atoms with Gasteiger partial charge in [0.1, 0.15) is 11.4 Å². The largest absolute Gasteiger partial charge is 0.369 e. The SMILES string of the molecule is COC(C)(C)OC[C@]1(C)CCC[C@@]23C(=O)[C@@H]2C2(CC[C@H]13)CO2. The van der Waals surface area contributed by atoms with E-state index in [9.17, 15) is 4.79 Å². The quantitative estimate of drug-likeness (QED) is 0.592. The van der Waals surface area contributed by atoms with Crippen LogP contribution in [0.1, 0.15) is 52.9 Å². The summed E-state index contributed by atoms with van der Waals surface area (Å²) in [5, 5.41) is 0. The van der Waals surface area contributed by atoms with Crippen molar-refractivity contribution in [1.82, 2.24) is 0 Å². The number of fused-ring (bicyclic) bond motifs is 1. The van der Waals surface area contributed by atoms with Gasteiger partial charge in [0.25, 0.3) is 0 Å². The Morgan fingerprint density at radius 1 is 1.32 bits per heavy atom. The summed E-state index contributed by atoms with van der Waals surface area (Å²) in [7, 11) is 1.68. The van der Waals surface area contributed by atoms with Crippen molar-refractivity contribution in [2.45, 2.75) is 64.3 Å². The van der Waals surface area contributed by atoms with E-state index in [1.165, 1.54) is 0 Å². The van der Waals surface area contributed by atoms with E-state index < -0.39 is 5.79 Å². The van der Waals surface area contributed by atoms with E-state index >= 15 is 0 Å². The van der Waals surface area contributed by atoms with Crippen molar-refractivity contribution in [2.24, 2.45) is 22.7 Å². The lowest BCUT2D eigenvalue weighted by molar-refractivity contribution is -0.223. The molecular weight excluding hydrogens is 280 g/mol. The lowest BCUT2D eigenvalue weighted by Crippen LogP contribution is -2.48. The Balaban J connectivity index is 1.56. The van der Waals surface area contributed by atoms with E-state index in [-0.39, 0.29) is 22.3 Å². The molecular formula is C18H28O4. The van der Waals surface area contributed by atoms with Gasteiger partial charge in [-0.25, -0.2) is 0 Å². The predicted octanol–water partition coefficient (Wildman–Crippen LogP) is 2.94. The first kappa shape index (κ1) is 15.1. The molecule has 3 saturated carbocycles. The minimum Gasteiger partial charge on any atom is -0.369 e. The van der Waals surface area contributed by atoms with Gasteiger partial charge in [-0.15, -0.1) is 0 Å². The van der Waals surface area contributed by atoms with Crippen LogP contribution in [0.3, 0.4) is 0 Å². The Morgan fingerprint density at radius 3 is 2.68 bits per heavy atom. The number of rotatable bonds is 4. The molecule has 0 radical (unpaired) electrons. The maximum atomic E-state index is 12.7. The minimum absolute atomic E-state index is 0.0571. The van der Waals surface area contributed by atoms with Gasteiger partial charge in [-0.05, 0) is 50.9 Å². The van der Waals surface area contributed by atoms with Gasteiger partial charge in [-0.2, -0.15) is 0 Å². The van der Waals surface area contributed by atoms with Gasteiger partial charge in [0, 0.05) is 12.5 Å². The fraction of sp³-hybridized carbons (Fsp3) is 0.944. The predicted molar refractivity (Wildman–Crippen MR) is 81.3 cm³/mol. The molecule has 5 atom stereocenters. The van der Waals surface area contributed by atoms with Crippen LogP contribution in [-0.4, -0.2) is 37.5 Å². The summed E-state index contributed by atoms with van der Waals surface area (Å²) in [4.78, 5) is 12.7. The van der Waals surface area contributed by atoms with Gasteiger partial charge in [-0.3, -0.25) is 4.79 Å². The van der Waals surface area contributed by atoms with Crippen molar-refractivity contribution in [2.75, 3.05) is 20.3 Å². The molecule has 1 unspecified atom stereocenters. The molecule has 0 bridgehead atoms. The first-order valence-electron chi connectivity index (χ1n) is 8.67. The van der Waals surface area contributed by atoms with Crippen LogP contribution >= 0.6 is 0 Å². The highest BCUT2D eigenvalue weighted by molar-refractivity contribution is 6.06. The molecule has 0 aromatic rings. The normalized spacial score (nSPS) is 49.7. The van der Waals surface area contributed by atoms with E-state index in [4.69, 9.17) is 14.2 Å². The first-order chi connectivity index (χ1) is 10.3. The van der Waals surface area contributed by atoms with Crippen LogP contribution in [0, 0.1) is 22.7 Å². The Bertz CT molecular complexity index is 509. The highest BCUT2D eigenvalue weighted by atomic mass is 16.7. The fourth-order valence-electron chi connectivity index (χ4n) is 5.58. The molecule has 4 nitrogen and oxygen atoms in total. The number of ketones is 1. The molecule has 0 aromatic carbocycles. The van der Waals surface area contributed by atoms with E-state index in [1.807, 2.05) is 13.8 Å². The Hall–Kier alpha value is -0.450. The summed E-state index contributed by atoms with van der Waals surface area (Å²) in [6, 6.07) is 0. The van der Waals surface area contributed by atoms with Gasteiger partial charge in [0.2, 0.25) is 0 Å². The lowest BCUT2D eigenvalue weighted by atomic mass is 9.55. The molecule has 1 aliphatic heterocycles. The average molecular weight is 308 g/mol. The summed E-state index contributed by atoms with van der Waals surface area (Å²) < 4.78 is 17.2. The summed E-state index contributed by atoms with van der Waals surface area (Å²) >= 11 is 0. The summed E-state index contributed by atoms with van der Waals surface area (Å²) in [5.41, 5.74) is -0.0597.